The first kappa shape index (κ1) is 28.6. The fourth-order valence-electron chi connectivity index (χ4n) is 3.96. The average Bonchev–Trinajstić information content (AvgIpc) is 2.87. The summed E-state index contributed by atoms with van der Waals surface area (Å²) in [5.74, 6) is 0.231. The second-order valence-corrected chi connectivity index (χ2v) is 10.3. The summed E-state index contributed by atoms with van der Waals surface area (Å²) in [5, 5.41) is 19.1. The molecule has 202 valence electrons. The van der Waals surface area contributed by atoms with Gasteiger partial charge in [0.25, 0.3) is 0 Å². The van der Waals surface area contributed by atoms with Gasteiger partial charge in [-0.1, -0.05) is 36.4 Å². The molecule has 2 atom stereocenters. The summed E-state index contributed by atoms with van der Waals surface area (Å²) in [6.07, 6.45) is 3.45. The van der Waals surface area contributed by atoms with E-state index in [9.17, 15) is 14.7 Å². The first-order valence-corrected chi connectivity index (χ1v) is 13.0. The standard InChI is InChI=1S/C28H40N4O5/c1-28(2,3)37-26(34)23(32-27(35)36-19-20-10-5-4-6-11-20)18-30-24(33)14-8-7-13-22-16-15-21-12-9-17-29-25(21)31-22/h4-6,10-11,15-16,23,27,32,35H,7-9,12-14,17-19H2,1-3H3,(H,29,31)(H,30,33). The number of carbonyl (C=O) groups is 2. The van der Waals surface area contributed by atoms with Crippen LogP contribution in [0.5, 0.6) is 0 Å². The molecule has 1 amide bonds. The zero-order chi connectivity index (χ0) is 26.7. The number of hydrogen-bond acceptors (Lipinski definition) is 8. The zero-order valence-corrected chi connectivity index (χ0v) is 22.1. The van der Waals surface area contributed by atoms with E-state index < -0.39 is 24.0 Å². The molecule has 3 rings (SSSR count). The lowest BCUT2D eigenvalue weighted by Gasteiger charge is -2.26. The molecular formula is C28H40N4O5. The predicted octanol–water partition coefficient (Wildman–Crippen LogP) is 3.06. The molecule has 0 bridgehead atoms. The monoisotopic (exact) mass is 512 g/mol. The van der Waals surface area contributed by atoms with Crippen LogP contribution >= 0.6 is 0 Å². The summed E-state index contributed by atoms with van der Waals surface area (Å²) in [7, 11) is 0. The van der Waals surface area contributed by atoms with E-state index in [0.29, 0.717) is 12.8 Å². The first-order valence-electron chi connectivity index (χ1n) is 13.0. The number of pyridine rings is 1. The van der Waals surface area contributed by atoms with E-state index in [2.05, 4.69) is 28.1 Å². The van der Waals surface area contributed by atoms with Crippen LogP contribution in [0, 0.1) is 0 Å². The minimum Gasteiger partial charge on any atom is -0.459 e. The minimum absolute atomic E-state index is 0.0302. The smallest absolute Gasteiger partial charge is 0.325 e. The molecule has 1 aliphatic heterocycles. The van der Waals surface area contributed by atoms with Gasteiger partial charge in [0.05, 0.1) is 6.61 Å². The highest BCUT2D eigenvalue weighted by Gasteiger charge is 2.27. The van der Waals surface area contributed by atoms with Crippen molar-refractivity contribution in [3.63, 3.8) is 0 Å². The fraction of sp³-hybridized carbons (Fsp3) is 0.536. The highest BCUT2D eigenvalue weighted by atomic mass is 16.6. The van der Waals surface area contributed by atoms with Crippen molar-refractivity contribution in [2.75, 3.05) is 18.4 Å². The number of amides is 1. The van der Waals surface area contributed by atoms with Gasteiger partial charge in [-0.15, -0.1) is 0 Å². The second kappa shape index (κ2) is 14.1. The highest BCUT2D eigenvalue weighted by molar-refractivity contribution is 5.79. The van der Waals surface area contributed by atoms with Crippen molar-refractivity contribution in [3.8, 4) is 0 Å². The number of hydrogen-bond donors (Lipinski definition) is 4. The molecule has 0 aliphatic carbocycles. The fourth-order valence-corrected chi connectivity index (χ4v) is 3.96. The van der Waals surface area contributed by atoms with Gasteiger partial charge in [0, 0.05) is 25.2 Å². The molecule has 0 saturated heterocycles. The number of aryl methyl sites for hydroxylation is 2. The van der Waals surface area contributed by atoms with Crippen LogP contribution in [0.4, 0.5) is 5.82 Å². The summed E-state index contributed by atoms with van der Waals surface area (Å²) < 4.78 is 10.9. The van der Waals surface area contributed by atoms with Gasteiger partial charge in [-0.2, -0.15) is 0 Å². The number of carbonyl (C=O) groups excluding carboxylic acids is 2. The molecule has 9 heteroatoms. The van der Waals surface area contributed by atoms with Crippen molar-refractivity contribution in [2.45, 2.75) is 84.0 Å². The molecule has 9 nitrogen and oxygen atoms in total. The third kappa shape index (κ3) is 10.5. The first-order chi connectivity index (χ1) is 17.7. The van der Waals surface area contributed by atoms with E-state index in [1.807, 2.05) is 30.3 Å². The van der Waals surface area contributed by atoms with Gasteiger partial charge < -0.3 is 25.2 Å². The Morgan fingerprint density at radius 3 is 2.68 bits per heavy atom. The SMILES string of the molecule is CC(C)(C)OC(=O)C(CNC(=O)CCCCc1ccc2c(n1)NCCC2)NC(O)OCc1ccccc1. The van der Waals surface area contributed by atoms with Crippen LogP contribution in [0.15, 0.2) is 42.5 Å². The van der Waals surface area contributed by atoms with Gasteiger partial charge in [-0.05, 0) is 70.1 Å². The Hall–Kier alpha value is -3.01. The van der Waals surface area contributed by atoms with E-state index in [1.165, 1.54) is 5.56 Å². The van der Waals surface area contributed by atoms with E-state index in [-0.39, 0.29) is 19.1 Å². The van der Waals surface area contributed by atoms with Crippen LogP contribution in [0.2, 0.25) is 0 Å². The van der Waals surface area contributed by atoms with Crippen molar-refractivity contribution in [1.82, 2.24) is 15.6 Å². The Labute approximate surface area is 219 Å². The Bertz CT molecular complexity index is 1010. The van der Waals surface area contributed by atoms with E-state index >= 15 is 0 Å². The molecule has 2 aromatic rings. The Balaban J connectivity index is 1.42. The minimum atomic E-state index is -1.41. The molecule has 0 spiro atoms. The predicted molar refractivity (Wildman–Crippen MR) is 142 cm³/mol. The van der Waals surface area contributed by atoms with Crippen molar-refractivity contribution in [2.24, 2.45) is 0 Å². The van der Waals surface area contributed by atoms with Crippen molar-refractivity contribution >= 4 is 17.7 Å². The van der Waals surface area contributed by atoms with Gasteiger partial charge in [-0.3, -0.25) is 14.9 Å². The van der Waals surface area contributed by atoms with E-state index in [1.54, 1.807) is 20.8 Å². The highest BCUT2D eigenvalue weighted by Crippen LogP contribution is 2.20. The summed E-state index contributed by atoms with van der Waals surface area (Å²) in [5.41, 5.74) is 2.45. The molecule has 37 heavy (non-hydrogen) atoms. The number of aromatic nitrogens is 1. The van der Waals surface area contributed by atoms with Crippen molar-refractivity contribution in [1.29, 1.82) is 0 Å². The molecule has 0 saturated carbocycles. The number of benzene rings is 1. The molecular weight excluding hydrogens is 472 g/mol. The van der Waals surface area contributed by atoms with Gasteiger partial charge in [0.1, 0.15) is 17.5 Å². The maximum atomic E-state index is 12.7. The van der Waals surface area contributed by atoms with E-state index in [0.717, 1.165) is 49.3 Å². The van der Waals surface area contributed by atoms with Crippen molar-refractivity contribution in [3.05, 3.63) is 59.3 Å². The van der Waals surface area contributed by atoms with Crippen LogP contribution in [0.3, 0.4) is 0 Å². The number of anilines is 1. The van der Waals surface area contributed by atoms with Gasteiger partial charge in [0.15, 0.2) is 0 Å². The number of fused-ring (bicyclic) bond motifs is 1. The number of nitrogens with zero attached hydrogens (tertiary/aromatic N) is 1. The van der Waals surface area contributed by atoms with Crippen LogP contribution in [0.1, 0.15) is 63.3 Å². The van der Waals surface area contributed by atoms with E-state index in [4.69, 9.17) is 14.5 Å². The number of ether oxygens (including phenoxy) is 2. The third-order valence-electron chi connectivity index (χ3n) is 5.83. The maximum Gasteiger partial charge on any atom is 0.325 e. The van der Waals surface area contributed by atoms with Gasteiger partial charge in [-0.25, -0.2) is 4.98 Å². The third-order valence-corrected chi connectivity index (χ3v) is 5.83. The summed E-state index contributed by atoms with van der Waals surface area (Å²) in [4.78, 5) is 29.8. The number of rotatable bonds is 13. The number of esters is 1. The molecule has 1 aliphatic rings. The average molecular weight is 513 g/mol. The molecule has 1 aromatic heterocycles. The largest absolute Gasteiger partial charge is 0.459 e. The maximum absolute atomic E-state index is 12.7. The summed E-state index contributed by atoms with van der Waals surface area (Å²) in [6, 6.07) is 12.6. The van der Waals surface area contributed by atoms with Crippen LogP contribution in [-0.4, -0.2) is 53.1 Å². The van der Waals surface area contributed by atoms with Crippen LogP contribution in [0.25, 0.3) is 0 Å². The normalized spacial score (nSPS) is 14.7. The Kier molecular flexibility index (Phi) is 10.9. The summed E-state index contributed by atoms with van der Waals surface area (Å²) >= 11 is 0. The number of nitrogens with one attached hydrogen (secondary N) is 3. The zero-order valence-electron chi connectivity index (χ0n) is 22.1. The topological polar surface area (TPSA) is 122 Å². The lowest BCUT2D eigenvalue weighted by Crippen LogP contribution is -2.52. The molecule has 2 heterocycles. The molecule has 4 N–H and O–H groups in total. The number of aliphatic hydroxyl groups excluding tert-OH is 1. The van der Waals surface area contributed by atoms with Crippen LogP contribution in [-0.2, 0) is 38.5 Å². The summed E-state index contributed by atoms with van der Waals surface area (Å²) in [6.45, 7) is 6.37. The van der Waals surface area contributed by atoms with Crippen molar-refractivity contribution < 1.29 is 24.2 Å². The molecule has 2 unspecified atom stereocenters. The quantitative estimate of drug-likeness (QED) is 0.184. The Morgan fingerprint density at radius 1 is 1.14 bits per heavy atom. The number of aliphatic hydroxyl groups is 1. The van der Waals surface area contributed by atoms with Gasteiger partial charge in [0.2, 0.25) is 12.3 Å². The van der Waals surface area contributed by atoms with Crippen LogP contribution < -0.4 is 16.0 Å². The van der Waals surface area contributed by atoms with Gasteiger partial charge >= 0.3 is 5.97 Å². The molecule has 0 radical (unpaired) electrons. The second-order valence-electron chi connectivity index (χ2n) is 10.3. The number of unbranched alkanes of at least 4 members (excludes halogenated alkanes) is 1. The lowest BCUT2D eigenvalue weighted by molar-refractivity contribution is -0.168. The Morgan fingerprint density at radius 2 is 1.92 bits per heavy atom. The molecule has 1 aromatic carbocycles. The molecule has 0 fully saturated rings. The lowest BCUT2D eigenvalue weighted by atomic mass is 10.1.